The molecule has 18 heavy (non-hydrogen) atoms. The molecule has 1 atom stereocenters. The summed E-state index contributed by atoms with van der Waals surface area (Å²) in [5, 5.41) is 3.38. The Labute approximate surface area is 108 Å². The molecule has 1 amide bonds. The summed E-state index contributed by atoms with van der Waals surface area (Å²) in [6.45, 7) is 0.771. The van der Waals surface area contributed by atoms with Crippen LogP contribution in [0.3, 0.4) is 0 Å². The van der Waals surface area contributed by atoms with E-state index in [4.69, 9.17) is 0 Å². The summed E-state index contributed by atoms with van der Waals surface area (Å²) in [6.07, 6.45) is 4.51. The second-order valence-corrected chi connectivity index (χ2v) is 5.47. The summed E-state index contributed by atoms with van der Waals surface area (Å²) >= 11 is 0. The maximum absolute atomic E-state index is 12.4. The lowest BCUT2D eigenvalue weighted by Crippen LogP contribution is -2.46. The minimum absolute atomic E-state index is 0.102. The first-order valence-corrected chi connectivity index (χ1v) is 6.84. The molecule has 1 aromatic rings. The third-order valence-corrected chi connectivity index (χ3v) is 4.34. The number of nitrogens with zero attached hydrogens (tertiary/aromatic N) is 1. The van der Waals surface area contributed by atoms with Crippen molar-refractivity contribution < 1.29 is 4.79 Å². The first-order chi connectivity index (χ1) is 8.75. The van der Waals surface area contributed by atoms with Gasteiger partial charge in [0.2, 0.25) is 5.91 Å². The van der Waals surface area contributed by atoms with E-state index < -0.39 is 0 Å². The highest BCUT2D eigenvalue weighted by Gasteiger charge is 2.32. The quantitative estimate of drug-likeness (QED) is 0.865. The Kier molecular flexibility index (Phi) is 2.98. The van der Waals surface area contributed by atoms with Gasteiger partial charge in [0.05, 0.1) is 5.92 Å². The number of nitrogens with one attached hydrogen (secondary N) is 1. The van der Waals surface area contributed by atoms with E-state index in [1.165, 1.54) is 30.5 Å². The van der Waals surface area contributed by atoms with E-state index in [9.17, 15) is 4.79 Å². The van der Waals surface area contributed by atoms with Crippen LogP contribution in [0.25, 0.3) is 0 Å². The highest BCUT2D eigenvalue weighted by Crippen LogP contribution is 2.28. The van der Waals surface area contributed by atoms with Crippen molar-refractivity contribution in [3.63, 3.8) is 0 Å². The van der Waals surface area contributed by atoms with Gasteiger partial charge in [-0.25, -0.2) is 0 Å². The number of fused-ring (bicyclic) bond motifs is 1. The molecule has 3 rings (SSSR count). The highest BCUT2D eigenvalue weighted by atomic mass is 16.2. The van der Waals surface area contributed by atoms with E-state index in [-0.39, 0.29) is 5.92 Å². The van der Waals surface area contributed by atoms with Gasteiger partial charge in [-0.05, 0) is 37.3 Å². The van der Waals surface area contributed by atoms with Crippen molar-refractivity contribution in [3.05, 3.63) is 29.8 Å². The van der Waals surface area contributed by atoms with E-state index in [1.807, 2.05) is 24.1 Å². The molecule has 0 bridgehead atoms. The van der Waals surface area contributed by atoms with Crippen molar-refractivity contribution in [1.82, 2.24) is 4.90 Å². The van der Waals surface area contributed by atoms with Gasteiger partial charge in [-0.1, -0.05) is 18.2 Å². The van der Waals surface area contributed by atoms with Gasteiger partial charge in [-0.15, -0.1) is 0 Å². The van der Waals surface area contributed by atoms with Crippen LogP contribution < -0.4 is 5.32 Å². The predicted molar refractivity (Wildman–Crippen MR) is 72.5 cm³/mol. The fourth-order valence-corrected chi connectivity index (χ4v) is 2.86. The van der Waals surface area contributed by atoms with Gasteiger partial charge in [0, 0.05) is 25.3 Å². The predicted octanol–water partition coefficient (Wildman–Crippen LogP) is 2.28. The Morgan fingerprint density at radius 3 is 2.83 bits per heavy atom. The molecule has 0 spiro atoms. The van der Waals surface area contributed by atoms with Crippen LogP contribution in [0.4, 0.5) is 5.69 Å². The number of anilines is 1. The highest BCUT2D eigenvalue weighted by molar-refractivity contribution is 5.81. The monoisotopic (exact) mass is 244 g/mol. The van der Waals surface area contributed by atoms with Crippen molar-refractivity contribution in [3.8, 4) is 0 Å². The maximum atomic E-state index is 12.4. The van der Waals surface area contributed by atoms with Gasteiger partial charge in [0.1, 0.15) is 0 Å². The van der Waals surface area contributed by atoms with Crippen LogP contribution in [0.1, 0.15) is 24.8 Å². The molecule has 3 nitrogen and oxygen atoms in total. The first kappa shape index (κ1) is 11.6. The summed E-state index contributed by atoms with van der Waals surface area (Å²) in [5.74, 6) is 0.409. The molecule has 0 saturated heterocycles. The normalized spacial score (nSPS) is 22.6. The third-order valence-electron chi connectivity index (χ3n) is 4.34. The molecule has 1 unspecified atom stereocenters. The number of hydrogen-bond donors (Lipinski definition) is 1. The van der Waals surface area contributed by atoms with Crippen molar-refractivity contribution in [2.75, 3.05) is 18.9 Å². The second kappa shape index (κ2) is 4.63. The average Bonchev–Trinajstić information content (AvgIpc) is 2.35. The number of carbonyl (C=O) groups is 1. The second-order valence-electron chi connectivity index (χ2n) is 5.47. The number of rotatable bonds is 2. The topological polar surface area (TPSA) is 32.3 Å². The fraction of sp³-hybridized carbons (Fsp3) is 0.533. The van der Waals surface area contributed by atoms with Crippen molar-refractivity contribution in [1.29, 1.82) is 0 Å². The molecule has 1 fully saturated rings. The van der Waals surface area contributed by atoms with E-state index in [0.29, 0.717) is 11.9 Å². The lowest BCUT2D eigenvalue weighted by atomic mass is 9.88. The molecular weight excluding hydrogens is 224 g/mol. The fourth-order valence-electron chi connectivity index (χ4n) is 2.86. The summed E-state index contributed by atoms with van der Waals surface area (Å²) in [4.78, 5) is 14.4. The number of benzene rings is 1. The van der Waals surface area contributed by atoms with Crippen molar-refractivity contribution in [2.24, 2.45) is 5.92 Å². The smallest absolute Gasteiger partial charge is 0.227 e. The van der Waals surface area contributed by atoms with Gasteiger partial charge in [-0.2, -0.15) is 0 Å². The zero-order chi connectivity index (χ0) is 12.5. The Hall–Kier alpha value is -1.51. The Balaban J connectivity index is 1.69. The largest absolute Gasteiger partial charge is 0.384 e. The van der Waals surface area contributed by atoms with Crippen LogP contribution in [0.2, 0.25) is 0 Å². The van der Waals surface area contributed by atoms with Crippen LogP contribution >= 0.6 is 0 Å². The molecule has 0 radical (unpaired) electrons. The molecular formula is C15H20N2O. The maximum Gasteiger partial charge on any atom is 0.227 e. The van der Waals surface area contributed by atoms with E-state index in [0.717, 1.165) is 13.0 Å². The molecule has 1 saturated carbocycles. The SMILES string of the molecule is CN(C(=O)C1CNc2ccccc2C1)C1CCC1. The molecule has 1 aromatic carbocycles. The lowest BCUT2D eigenvalue weighted by molar-refractivity contribution is -0.137. The molecule has 1 N–H and O–H groups in total. The van der Waals surface area contributed by atoms with Gasteiger partial charge in [-0.3, -0.25) is 4.79 Å². The summed E-state index contributed by atoms with van der Waals surface area (Å²) in [5.41, 5.74) is 2.46. The summed E-state index contributed by atoms with van der Waals surface area (Å²) < 4.78 is 0. The zero-order valence-corrected chi connectivity index (χ0v) is 10.9. The van der Waals surface area contributed by atoms with E-state index >= 15 is 0 Å². The van der Waals surface area contributed by atoms with Crippen molar-refractivity contribution in [2.45, 2.75) is 31.7 Å². The zero-order valence-electron chi connectivity index (χ0n) is 10.9. The van der Waals surface area contributed by atoms with E-state index in [1.54, 1.807) is 0 Å². The molecule has 1 heterocycles. The standard InChI is InChI=1S/C15H20N2O/c1-17(13-6-4-7-13)15(18)12-9-11-5-2-3-8-14(11)16-10-12/h2-3,5,8,12-13,16H,4,6-7,9-10H2,1H3. The number of para-hydroxylation sites is 1. The average molecular weight is 244 g/mol. The molecule has 2 aliphatic rings. The van der Waals surface area contributed by atoms with Crippen LogP contribution in [-0.4, -0.2) is 30.4 Å². The summed E-state index contributed by atoms with van der Waals surface area (Å²) in [7, 11) is 1.96. The van der Waals surface area contributed by atoms with Gasteiger partial charge >= 0.3 is 0 Å². The van der Waals surface area contributed by atoms with Gasteiger partial charge in [0.25, 0.3) is 0 Å². The minimum Gasteiger partial charge on any atom is -0.384 e. The summed E-state index contributed by atoms with van der Waals surface area (Å²) in [6, 6.07) is 8.78. The first-order valence-electron chi connectivity index (χ1n) is 6.84. The molecule has 1 aliphatic heterocycles. The van der Waals surface area contributed by atoms with Crippen LogP contribution in [-0.2, 0) is 11.2 Å². The number of hydrogen-bond acceptors (Lipinski definition) is 2. The van der Waals surface area contributed by atoms with Crippen LogP contribution in [0.5, 0.6) is 0 Å². The lowest BCUT2D eigenvalue weighted by Gasteiger charge is -2.38. The van der Waals surface area contributed by atoms with Gasteiger partial charge in [0.15, 0.2) is 0 Å². The Morgan fingerprint density at radius 2 is 2.11 bits per heavy atom. The minimum atomic E-state index is 0.102. The molecule has 96 valence electrons. The Bertz CT molecular complexity index is 454. The third kappa shape index (κ3) is 1.98. The Morgan fingerprint density at radius 1 is 1.33 bits per heavy atom. The van der Waals surface area contributed by atoms with Gasteiger partial charge < -0.3 is 10.2 Å². The number of amides is 1. The van der Waals surface area contributed by atoms with E-state index in [2.05, 4.69) is 17.4 Å². The van der Waals surface area contributed by atoms with Crippen molar-refractivity contribution >= 4 is 11.6 Å². The number of carbonyl (C=O) groups excluding carboxylic acids is 1. The molecule has 0 aromatic heterocycles. The van der Waals surface area contributed by atoms with Crippen LogP contribution in [0.15, 0.2) is 24.3 Å². The molecule has 3 heteroatoms. The molecule has 1 aliphatic carbocycles. The van der Waals surface area contributed by atoms with Crippen LogP contribution in [0, 0.1) is 5.92 Å².